The fourth-order valence-electron chi connectivity index (χ4n) is 3.88. The molecular formula is C24H22N4O3S. The fourth-order valence-corrected chi connectivity index (χ4v) is 5.44. The molecule has 8 heteroatoms. The molecule has 0 atom stereocenters. The zero-order valence-corrected chi connectivity index (χ0v) is 18.1. The zero-order chi connectivity index (χ0) is 22.1. The van der Waals surface area contributed by atoms with Crippen molar-refractivity contribution in [2.24, 2.45) is 0 Å². The van der Waals surface area contributed by atoms with Crippen LogP contribution in [0, 0.1) is 0 Å². The van der Waals surface area contributed by atoms with E-state index in [4.69, 9.17) is 0 Å². The molecule has 0 unspecified atom stereocenters. The summed E-state index contributed by atoms with van der Waals surface area (Å²) in [5.74, 6) is 0.392. The van der Waals surface area contributed by atoms with Gasteiger partial charge in [0.05, 0.1) is 15.9 Å². The second-order valence-electron chi connectivity index (χ2n) is 7.77. The highest BCUT2D eigenvalue weighted by Crippen LogP contribution is 2.24. The summed E-state index contributed by atoms with van der Waals surface area (Å²) >= 11 is 0. The standard InChI is InChI=1S/C24H22N4O3S/c29-24(18-6-5-7-20(16-18)32(30,31)28-14-3-4-15-28)25-19-12-10-17(11-13-19)23-26-21-8-1-2-9-22(21)27-23/h1-2,5-13,16H,3-4,14-15H2,(H,25,29)(H,26,27). The maximum atomic E-state index is 12.8. The molecule has 1 amide bonds. The average molecular weight is 447 g/mol. The van der Waals surface area contributed by atoms with Gasteiger partial charge in [0.25, 0.3) is 5.91 Å². The highest BCUT2D eigenvalue weighted by molar-refractivity contribution is 7.89. The van der Waals surface area contributed by atoms with E-state index in [-0.39, 0.29) is 10.8 Å². The molecule has 1 fully saturated rings. The van der Waals surface area contributed by atoms with Gasteiger partial charge in [-0.15, -0.1) is 0 Å². The van der Waals surface area contributed by atoms with Crippen LogP contribution in [0.2, 0.25) is 0 Å². The number of hydrogen-bond donors (Lipinski definition) is 2. The second kappa shape index (κ2) is 8.22. The Kier molecular flexibility index (Phi) is 5.24. The summed E-state index contributed by atoms with van der Waals surface area (Å²) in [6, 6.07) is 21.3. The van der Waals surface area contributed by atoms with Crippen LogP contribution < -0.4 is 5.32 Å². The van der Waals surface area contributed by atoms with Crippen molar-refractivity contribution in [3.8, 4) is 11.4 Å². The van der Waals surface area contributed by atoms with Crippen molar-refractivity contribution < 1.29 is 13.2 Å². The maximum absolute atomic E-state index is 12.8. The lowest BCUT2D eigenvalue weighted by Gasteiger charge is -2.16. The van der Waals surface area contributed by atoms with Crippen LogP contribution in [0.25, 0.3) is 22.4 Å². The van der Waals surface area contributed by atoms with Crippen LogP contribution in [-0.4, -0.2) is 41.7 Å². The summed E-state index contributed by atoms with van der Waals surface area (Å²) < 4.78 is 27.1. The highest BCUT2D eigenvalue weighted by Gasteiger charge is 2.27. The number of hydrogen-bond acceptors (Lipinski definition) is 4. The number of para-hydroxylation sites is 2. The summed E-state index contributed by atoms with van der Waals surface area (Å²) in [6.45, 7) is 1.05. The molecule has 0 saturated carbocycles. The summed E-state index contributed by atoms with van der Waals surface area (Å²) in [5, 5.41) is 2.83. The van der Waals surface area contributed by atoms with Gasteiger partial charge in [-0.3, -0.25) is 4.79 Å². The van der Waals surface area contributed by atoms with Crippen molar-refractivity contribution in [2.45, 2.75) is 17.7 Å². The maximum Gasteiger partial charge on any atom is 0.255 e. The number of nitrogens with zero attached hydrogens (tertiary/aromatic N) is 2. The number of carbonyl (C=O) groups excluding carboxylic acids is 1. The van der Waals surface area contributed by atoms with Crippen LogP contribution in [0.5, 0.6) is 0 Å². The van der Waals surface area contributed by atoms with Crippen LogP contribution in [-0.2, 0) is 10.0 Å². The lowest BCUT2D eigenvalue weighted by Crippen LogP contribution is -2.28. The van der Waals surface area contributed by atoms with Gasteiger partial charge in [0.2, 0.25) is 10.0 Å². The molecule has 2 heterocycles. The van der Waals surface area contributed by atoms with E-state index in [0.29, 0.717) is 24.3 Å². The number of aromatic nitrogens is 2. The minimum atomic E-state index is -3.57. The second-order valence-corrected chi connectivity index (χ2v) is 9.71. The van der Waals surface area contributed by atoms with Crippen LogP contribution >= 0.6 is 0 Å². The molecule has 7 nitrogen and oxygen atoms in total. The van der Waals surface area contributed by atoms with Gasteiger partial charge in [-0.05, 0) is 67.4 Å². The third-order valence-corrected chi connectivity index (χ3v) is 7.50. The van der Waals surface area contributed by atoms with Crippen molar-refractivity contribution >= 4 is 32.7 Å². The number of H-pyrrole nitrogens is 1. The van der Waals surface area contributed by atoms with Crippen molar-refractivity contribution in [2.75, 3.05) is 18.4 Å². The fraction of sp³-hybridized carbons (Fsp3) is 0.167. The normalized spacial score (nSPS) is 14.6. The Morgan fingerprint density at radius 2 is 1.69 bits per heavy atom. The van der Waals surface area contributed by atoms with Crippen LogP contribution in [0.4, 0.5) is 5.69 Å². The summed E-state index contributed by atoms with van der Waals surface area (Å²) in [4.78, 5) is 20.8. The first-order valence-corrected chi connectivity index (χ1v) is 11.9. The van der Waals surface area contributed by atoms with Gasteiger partial charge in [0.1, 0.15) is 5.82 Å². The minimum absolute atomic E-state index is 0.146. The molecule has 0 bridgehead atoms. The molecule has 1 saturated heterocycles. The molecular weight excluding hydrogens is 424 g/mol. The number of benzene rings is 3. The van der Waals surface area contributed by atoms with Gasteiger partial charge in [-0.25, -0.2) is 13.4 Å². The third-order valence-electron chi connectivity index (χ3n) is 5.60. The van der Waals surface area contributed by atoms with Gasteiger partial charge >= 0.3 is 0 Å². The number of aromatic amines is 1. The monoisotopic (exact) mass is 446 g/mol. The predicted octanol–water partition coefficient (Wildman–Crippen LogP) is 4.27. The summed E-state index contributed by atoms with van der Waals surface area (Å²) in [7, 11) is -3.57. The van der Waals surface area contributed by atoms with E-state index in [2.05, 4.69) is 15.3 Å². The Balaban J connectivity index is 1.33. The number of amides is 1. The SMILES string of the molecule is O=C(Nc1ccc(-c2nc3ccccc3[nH]2)cc1)c1cccc(S(=O)(=O)N2CCCC2)c1. The largest absolute Gasteiger partial charge is 0.338 e. The number of carbonyl (C=O) groups is 1. The number of fused-ring (bicyclic) bond motifs is 1. The average Bonchev–Trinajstić information content (AvgIpc) is 3.50. The van der Waals surface area contributed by atoms with E-state index in [1.807, 2.05) is 36.4 Å². The Bertz CT molecular complexity index is 1360. The van der Waals surface area contributed by atoms with E-state index in [1.165, 1.54) is 16.4 Å². The quantitative estimate of drug-likeness (QED) is 0.479. The Morgan fingerprint density at radius 3 is 2.44 bits per heavy atom. The zero-order valence-electron chi connectivity index (χ0n) is 17.3. The van der Waals surface area contributed by atoms with Crippen molar-refractivity contribution in [1.82, 2.24) is 14.3 Å². The molecule has 162 valence electrons. The molecule has 0 radical (unpaired) electrons. The predicted molar refractivity (Wildman–Crippen MR) is 124 cm³/mol. The van der Waals surface area contributed by atoms with Gasteiger partial charge in [-0.2, -0.15) is 4.31 Å². The van der Waals surface area contributed by atoms with Gasteiger partial charge < -0.3 is 10.3 Å². The van der Waals surface area contributed by atoms with Crippen LogP contribution in [0.3, 0.4) is 0 Å². The third kappa shape index (κ3) is 3.90. The summed E-state index contributed by atoms with van der Waals surface area (Å²) in [6.07, 6.45) is 1.73. The minimum Gasteiger partial charge on any atom is -0.338 e. The first kappa shape index (κ1) is 20.4. The first-order chi connectivity index (χ1) is 15.5. The number of rotatable bonds is 5. The van der Waals surface area contributed by atoms with Gasteiger partial charge in [-0.1, -0.05) is 18.2 Å². The Hall–Kier alpha value is -3.49. The molecule has 5 rings (SSSR count). The molecule has 1 aliphatic rings. The van der Waals surface area contributed by atoms with E-state index < -0.39 is 10.0 Å². The van der Waals surface area contributed by atoms with Crippen molar-refractivity contribution in [1.29, 1.82) is 0 Å². The van der Waals surface area contributed by atoms with E-state index >= 15 is 0 Å². The molecule has 0 aliphatic carbocycles. The molecule has 3 aromatic carbocycles. The molecule has 1 aliphatic heterocycles. The van der Waals surface area contributed by atoms with E-state index in [1.54, 1.807) is 24.3 Å². The van der Waals surface area contributed by atoms with Crippen LogP contribution in [0.15, 0.2) is 77.7 Å². The van der Waals surface area contributed by atoms with Gasteiger partial charge in [0.15, 0.2) is 0 Å². The number of sulfonamides is 1. The Morgan fingerprint density at radius 1 is 0.938 bits per heavy atom. The lowest BCUT2D eigenvalue weighted by molar-refractivity contribution is 0.102. The number of nitrogens with one attached hydrogen (secondary N) is 2. The van der Waals surface area contributed by atoms with Crippen molar-refractivity contribution in [3.05, 3.63) is 78.4 Å². The Labute approximate surface area is 186 Å². The van der Waals surface area contributed by atoms with E-state index in [9.17, 15) is 13.2 Å². The first-order valence-electron chi connectivity index (χ1n) is 10.5. The smallest absolute Gasteiger partial charge is 0.255 e. The van der Waals surface area contributed by atoms with Crippen LogP contribution in [0.1, 0.15) is 23.2 Å². The topological polar surface area (TPSA) is 95.2 Å². The number of imidazole rings is 1. The molecule has 4 aromatic rings. The molecule has 0 spiro atoms. The lowest BCUT2D eigenvalue weighted by atomic mass is 10.1. The molecule has 32 heavy (non-hydrogen) atoms. The van der Waals surface area contributed by atoms with Gasteiger partial charge in [0, 0.05) is 29.9 Å². The highest BCUT2D eigenvalue weighted by atomic mass is 32.2. The van der Waals surface area contributed by atoms with E-state index in [0.717, 1.165) is 35.3 Å². The molecule has 1 aromatic heterocycles. The van der Waals surface area contributed by atoms with Crippen molar-refractivity contribution in [3.63, 3.8) is 0 Å². The summed E-state index contributed by atoms with van der Waals surface area (Å²) in [5.41, 5.74) is 3.67. The molecule has 2 N–H and O–H groups in total. The number of anilines is 1.